The maximum atomic E-state index is 11.3. The summed E-state index contributed by atoms with van der Waals surface area (Å²) in [5.41, 5.74) is 0. The molecule has 1 saturated heterocycles. The lowest BCUT2D eigenvalue weighted by atomic mass is 10.1. The van der Waals surface area contributed by atoms with Crippen molar-refractivity contribution in [3.05, 3.63) is 0 Å². The van der Waals surface area contributed by atoms with Gasteiger partial charge in [-0.25, -0.2) is 0 Å². The van der Waals surface area contributed by atoms with Crippen molar-refractivity contribution in [1.82, 2.24) is 9.80 Å². The number of morpholine rings is 1. The van der Waals surface area contributed by atoms with Crippen LogP contribution in [0.1, 0.15) is 27.2 Å². The number of ether oxygens (including phenoxy) is 2. The summed E-state index contributed by atoms with van der Waals surface area (Å²) in [6, 6.07) is 0. The molecule has 1 rings (SSSR count). The second-order valence-electron chi connectivity index (χ2n) is 5.96. The fourth-order valence-electron chi connectivity index (χ4n) is 2.53. The molecule has 0 aromatic carbocycles. The normalized spacial score (nSPS) is 20.6. The van der Waals surface area contributed by atoms with E-state index in [-0.39, 0.29) is 12.1 Å². The predicted molar refractivity (Wildman–Crippen MR) is 79.8 cm³/mol. The number of hydrogen-bond acceptors (Lipinski definition) is 5. The van der Waals surface area contributed by atoms with Gasteiger partial charge in [0, 0.05) is 32.7 Å². The highest BCUT2D eigenvalue weighted by atomic mass is 16.5. The Morgan fingerprint density at radius 2 is 2.25 bits per heavy atom. The van der Waals surface area contributed by atoms with Gasteiger partial charge >= 0.3 is 5.97 Å². The van der Waals surface area contributed by atoms with Crippen LogP contribution < -0.4 is 0 Å². The first-order valence-corrected chi connectivity index (χ1v) is 7.69. The van der Waals surface area contributed by atoms with Crippen LogP contribution in [0, 0.1) is 5.92 Å². The summed E-state index contributed by atoms with van der Waals surface area (Å²) in [4.78, 5) is 15.9. The molecular formula is C15H30N2O3. The molecule has 0 bridgehead atoms. The van der Waals surface area contributed by atoms with Gasteiger partial charge in [-0.15, -0.1) is 0 Å². The first kappa shape index (κ1) is 17.4. The van der Waals surface area contributed by atoms with Crippen LogP contribution in [0.2, 0.25) is 0 Å². The van der Waals surface area contributed by atoms with Crippen LogP contribution in [0.25, 0.3) is 0 Å². The summed E-state index contributed by atoms with van der Waals surface area (Å²) in [5, 5.41) is 0. The van der Waals surface area contributed by atoms with Gasteiger partial charge in [-0.2, -0.15) is 0 Å². The van der Waals surface area contributed by atoms with Crippen molar-refractivity contribution < 1.29 is 14.3 Å². The third-order valence-corrected chi connectivity index (χ3v) is 3.36. The van der Waals surface area contributed by atoms with E-state index < -0.39 is 0 Å². The molecular weight excluding hydrogens is 256 g/mol. The average molecular weight is 286 g/mol. The predicted octanol–water partition coefficient (Wildman–Crippen LogP) is 1.23. The summed E-state index contributed by atoms with van der Waals surface area (Å²) in [6.45, 7) is 12.3. The van der Waals surface area contributed by atoms with Crippen molar-refractivity contribution in [2.45, 2.75) is 33.3 Å². The van der Waals surface area contributed by atoms with E-state index in [4.69, 9.17) is 9.47 Å². The van der Waals surface area contributed by atoms with Crippen molar-refractivity contribution in [2.75, 3.05) is 53.0 Å². The van der Waals surface area contributed by atoms with Crippen LogP contribution >= 0.6 is 0 Å². The van der Waals surface area contributed by atoms with Gasteiger partial charge in [0.25, 0.3) is 0 Å². The van der Waals surface area contributed by atoms with E-state index in [1.165, 1.54) is 0 Å². The van der Waals surface area contributed by atoms with Gasteiger partial charge in [0.15, 0.2) is 0 Å². The lowest BCUT2D eigenvalue weighted by molar-refractivity contribution is -0.143. The maximum absolute atomic E-state index is 11.3. The SMILES string of the molecule is CCOC(=O)CCN(C)CC1CN(CC(C)C)CCO1. The molecule has 0 aromatic heterocycles. The summed E-state index contributed by atoms with van der Waals surface area (Å²) in [5.74, 6) is 0.570. The topological polar surface area (TPSA) is 42.0 Å². The van der Waals surface area contributed by atoms with Crippen LogP contribution in [0.4, 0.5) is 0 Å². The molecule has 0 N–H and O–H groups in total. The zero-order valence-electron chi connectivity index (χ0n) is 13.4. The Labute approximate surface area is 123 Å². The first-order chi connectivity index (χ1) is 9.51. The van der Waals surface area contributed by atoms with E-state index in [2.05, 4.69) is 23.6 Å². The molecule has 0 spiro atoms. The highest BCUT2D eigenvalue weighted by Crippen LogP contribution is 2.09. The molecule has 5 heteroatoms. The molecule has 0 saturated carbocycles. The standard InChI is InChI=1S/C15H30N2O3/c1-5-19-15(18)6-7-16(4)11-14-12-17(8-9-20-14)10-13(2)3/h13-14H,5-12H2,1-4H3. The molecule has 20 heavy (non-hydrogen) atoms. The van der Waals surface area contributed by atoms with Gasteiger partial charge in [0.05, 0.1) is 25.7 Å². The highest BCUT2D eigenvalue weighted by molar-refractivity contribution is 5.69. The summed E-state index contributed by atoms with van der Waals surface area (Å²) in [7, 11) is 2.03. The summed E-state index contributed by atoms with van der Waals surface area (Å²) >= 11 is 0. The molecule has 1 heterocycles. The van der Waals surface area contributed by atoms with Crippen molar-refractivity contribution in [1.29, 1.82) is 0 Å². The van der Waals surface area contributed by atoms with E-state index in [9.17, 15) is 4.79 Å². The van der Waals surface area contributed by atoms with Crippen molar-refractivity contribution in [2.24, 2.45) is 5.92 Å². The molecule has 1 atom stereocenters. The van der Waals surface area contributed by atoms with Gasteiger partial charge in [-0.3, -0.25) is 9.69 Å². The molecule has 0 aliphatic carbocycles. The number of carbonyl (C=O) groups excluding carboxylic acids is 1. The van der Waals surface area contributed by atoms with E-state index in [0.717, 1.165) is 39.3 Å². The third kappa shape index (κ3) is 7.22. The van der Waals surface area contributed by atoms with Gasteiger partial charge in [-0.1, -0.05) is 13.8 Å². The molecule has 0 aromatic rings. The number of rotatable bonds is 8. The van der Waals surface area contributed by atoms with Gasteiger partial charge < -0.3 is 14.4 Å². The Morgan fingerprint density at radius 1 is 1.50 bits per heavy atom. The zero-order valence-corrected chi connectivity index (χ0v) is 13.4. The number of carbonyl (C=O) groups is 1. The minimum atomic E-state index is -0.120. The fraction of sp³-hybridized carbons (Fsp3) is 0.933. The Morgan fingerprint density at radius 3 is 2.90 bits per heavy atom. The Balaban J connectivity index is 2.23. The average Bonchev–Trinajstić information content (AvgIpc) is 2.36. The van der Waals surface area contributed by atoms with E-state index >= 15 is 0 Å². The zero-order chi connectivity index (χ0) is 15.0. The molecule has 1 aliphatic heterocycles. The number of nitrogens with zero attached hydrogens (tertiary/aromatic N) is 2. The Bertz CT molecular complexity index is 284. The minimum Gasteiger partial charge on any atom is -0.466 e. The number of hydrogen-bond donors (Lipinski definition) is 0. The van der Waals surface area contributed by atoms with E-state index in [0.29, 0.717) is 18.9 Å². The first-order valence-electron chi connectivity index (χ1n) is 7.69. The Kier molecular flexibility index (Phi) is 8.11. The van der Waals surface area contributed by atoms with Crippen LogP contribution in [0.5, 0.6) is 0 Å². The molecule has 0 amide bonds. The van der Waals surface area contributed by atoms with Gasteiger partial charge in [0.1, 0.15) is 0 Å². The quantitative estimate of drug-likeness (QED) is 0.628. The van der Waals surface area contributed by atoms with E-state index in [1.54, 1.807) is 0 Å². The van der Waals surface area contributed by atoms with Crippen LogP contribution in [0.15, 0.2) is 0 Å². The second kappa shape index (κ2) is 9.32. The smallest absolute Gasteiger partial charge is 0.307 e. The molecule has 1 fully saturated rings. The molecule has 1 unspecified atom stereocenters. The van der Waals surface area contributed by atoms with Gasteiger partial charge in [-0.05, 0) is 19.9 Å². The lowest BCUT2D eigenvalue weighted by Gasteiger charge is -2.35. The van der Waals surface area contributed by atoms with Crippen molar-refractivity contribution >= 4 is 5.97 Å². The van der Waals surface area contributed by atoms with Crippen LogP contribution in [-0.4, -0.2) is 74.9 Å². The number of likely N-dealkylation sites (N-methyl/N-ethyl adjacent to an activating group) is 1. The molecule has 1 aliphatic rings. The van der Waals surface area contributed by atoms with Crippen molar-refractivity contribution in [3.8, 4) is 0 Å². The highest BCUT2D eigenvalue weighted by Gasteiger charge is 2.22. The monoisotopic (exact) mass is 286 g/mol. The summed E-state index contributed by atoms with van der Waals surface area (Å²) in [6.07, 6.45) is 0.696. The minimum absolute atomic E-state index is 0.120. The largest absolute Gasteiger partial charge is 0.466 e. The van der Waals surface area contributed by atoms with Gasteiger partial charge in [0.2, 0.25) is 0 Å². The second-order valence-corrected chi connectivity index (χ2v) is 5.96. The fourth-order valence-corrected chi connectivity index (χ4v) is 2.53. The maximum Gasteiger partial charge on any atom is 0.307 e. The molecule has 5 nitrogen and oxygen atoms in total. The van der Waals surface area contributed by atoms with E-state index in [1.807, 2.05) is 14.0 Å². The molecule has 118 valence electrons. The van der Waals surface area contributed by atoms with Crippen LogP contribution in [-0.2, 0) is 14.3 Å². The number of esters is 1. The third-order valence-electron chi connectivity index (χ3n) is 3.36. The lowest BCUT2D eigenvalue weighted by Crippen LogP contribution is -2.48. The Hall–Kier alpha value is -0.650. The summed E-state index contributed by atoms with van der Waals surface area (Å²) < 4.78 is 10.8. The van der Waals surface area contributed by atoms with Crippen molar-refractivity contribution in [3.63, 3.8) is 0 Å². The molecule has 0 radical (unpaired) electrons. The van der Waals surface area contributed by atoms with Crippen LogP contribution in [0.3, 0.4) is 0 Å².